The van der Waals surface area contributed by atoms with Gasteiger partial charge in [0.2, 0.25) is 5.91 Å². The van der Waals surface area contributed by atoms with Crippen molar-refractivity contribution in [3.8, 4) is 0 Å². The van der Waals surface area contributed by atoms with Gasteiger partial charge in [-0.1, -0.05) is 25.0 Å². The summed E-state index contributed by atoms with van der Waals surface area (Å²) in [5.41, 5.74) is 7.74. The molecule has 1 heterocycles. The predicted octanol–water partition coefficient (Wildman–Crippen LogP) is 2.47. The lowest BCUT2D eigenvalue weighted by Crippen LogP contribution is -2.63. The summed E-state index contributed by atoms with van der Waals surface area (Å²) in [5.74, 6) is -0.364. The summed E-state index contributed by atoms with van der Waals surface area (Å²) in [5, 5.41) is 8.77. The first-order chi connectivity index (χ1) is 12.9. The van der Waals surface area contributed by atoms with Crippen LogP contribution in [0.2, 0.25) is 0 Å². The van der Waals surface area contributed by atoms with Gasteiger partial charge in [-0.2, -0.15) is 5.10 Å². The molecule has 0 aliphatic heterocycles. The van der Waals surface area contributed by atoms with Gasteiger partial charge in [0.1, 0.15) is 6.29 Å². The van der Waals surface area contributed by atoms with Gasteiger partial charge < -0.3 is 15.8 Å². The molecule has 1 aromatic heterocycles. The molecule has 6 nitrogen and oxygen atoms in total. The number of nitrogens with one attached hydrogen (secondary N) is 1. The van der Waals surface area contributed by atoms with Crippen LogP contribution in [-0.4, -0.2) is 27.5 Å². The highest BCUT2D eigenvalue weighted by molar-refractivity contribution is 5.87. The Hall–Kier alpha value is -2.21. The highest BCUT2D eigenvalue weighted by Crippen LogP contribution is 2.43. The summed E-state index contributed by atoms with van der Waals surface area (Å²) in [6.45, 7) is 1.85. The minimum absolute atomic E-state index is 0.0483. The topological polar surface area (TPSA) is 90.0 Å². The highest BCUT2D eigenvalue weighted by atomic mass is 16.2. The summed E-state index contributed by atoms with van der Waals surface area (Å²) in [4.78, 5) is 24.5. The number of nitrogens with zero attached hydrogens (tertiary/aromatic N) is 2. The van der Waals surface area contributed by atoms with E-state index in [9.17, 15) is 9.59 Å². The maximum absolute atomic E-state index is 13.0. The molecular formula is C21H28N4O2. The van der Waals surface area contributed by atoms with Gasteiger partial charge in [-0.25, -0.2) is 0 Å². The summed E-state index contributed by atoms with van der Waals surface area (Å²) < 4.78 is 1.86. The average molecular weight is 368 g/mol. The number of nitrogens with two attached hydrogens (primary N) is 1. The fourth-order valence-electron chi connectivity index (χ4n) is 5.01. The molecule has 1 aromatic carbocycles. The first-order valence-corrected chi connectivity index (χ1v) is 9.87. The Kier molecular flexibility index (Phi) is 4.54. The van der Waals surface area contributed by atoms with Crippen molar-refractivity contribution in [1.29, 1.82) is 0 Å². The van der Waals surface area contributed by atoms with Crippen molar-refractivity contribution in [2.75, 3.05) is 0 Å². The molecule has 6 heteroatoms. The number of carbonyl (C=O) groups excluding carboxylic acids is 2. The molecule has 0 saturated heterocycles. The van der Waals surface area contributed by atoms with Gasteiger partial charge in [-0.15, -0.1) is 0 Å². The molecule has 0 radical (unpaired) electrons. The number of fused-ring (bicyclic) bond motifs is 1. The molecule has 4 rings (SSSR count). The van der Waals surface area contributed by atoms with E-state index in [2.05, 4.69) is 16.5 Å². The van der Waals surface area contributed by atoms with Crippen molar-refractivity contribution in [3.63, 3.8) is 0 Å². The molecule has 2 aromatic rings. The zero-order chi connectivity index (χ0) is 19.2. The van der Waals surface area contributed by atoms with Crippen LogP contribution in [0.25, 0.3) is 10.9 Å². The van der Waals surface area contributed by atoms with Crippen molar-refractivity contribution >= 4 is 23.1 Å². The first-order valence-electron chi connectivity index (χ1n) is 9.87. The van der Waals surface area contributed by atoms with Gasteiger partial charge in [-0.3, -0.25) is 9.48 Å². The number of benzene rings is 1. The van der Waals surface area contributed by atoms with E-state index in [1.165, 1.54) is 12.8 Å². The normalized spacial score (nSPS) is 29.4. The lowest BCUT2D eigenvalue weighted by Gasteiger charge is -2.47. The summed E-state index contributed by atoms with van der Waals surface area (Å²) in [6, 6.07) is 6.12. The van der Waals surface area contributed by atoms with Crippen LogP contribution in [0.4, 0.5) is 0 Å². The number of rotatable bonds is 5. The van der Waals surface area contributed by atoms with Crippen molar-refractivity contribution in [2.45, 2.75) is 50.6 Å². The Morgan fingerprint density at radius 2 is 2.15 bits per heavy atom. The third kappa shape index (κ3) is 3.06. The molecule has 1 amide bonds. The van der Waals surface area contributed by atoms with E-state index in [0.717, 1.165) is 35.6 Å². The zero-order valence-corrected chi connectivity index (χ0v) is 16.0. The van der Waals surface area contributed by atoms with Crippen LogP contribution in [0.1, 0.15) is 50.6 Å². The van der Waals surface area contributed by atoms with E-state index in [-0.39, 0.29) is 17.9 Å². The van der Waals surface area contributed by atoms with Gasteiger partial charge in [-0.05, 0) is 43.7 Å². The van der Waals surface area contributed by atoms with E-state index >= 15 is 0 Å². The number of hydrogen-bond acceptors (Lipinski definition) is 4. The van der Waals surface area contributed by atoms with Gasteiger partial charge in [0.15, 0.2) is 0 Å². The Morgan fingerprint density at radius 1 is 1.41 bits per heavy atom. The van der Waals surface area contributed by atoms with Gasteiger partial charge in [0, 0.05) is 23.9 Å². The molecule has 144 valence electrons. The van der Waals surface area contributed by atoms with Crippen LogP contribution in [0.3, 0.4) is 0 Å². The van der Waals surface area contributed by atoms with E-state index in [1.807, 2.05) is 37.0 Å². The first kappa shape index (κ1) is 18.2. The second-order valence-electron chi connectivity index (χ2n) is 8.56. The van der Waals surface area contributed by atoms with E-state index in [0.29, 0.717) is 12.3 Å². The van der Waals surface area contributed by atoms with E-state index in [4.69, 9.17) is 5.73 Å². The minimum Gasteiger partial charge on any atom is -0.349 e. The summed E-state index contributed by atoms with van der Waals surface area (Å²) >= 11 is 0. The molecule has 2 fully saturated rings. The highest BCUT2D eigenvalue weighted by Gasteiger charge is 2.51. The van der Waals surface area contributed by atoms with E-state index < -0.39 is 11.5 Å². The van der Waals surface area contributed by atoms with Crippen LogP contribution in [-0.2, 0) is 16.6 Å². The summed E-state index contributed by atoms with van der Waals surface area (Å²) in [7, 11) is 1.93. The standard InChI is InChI=1S/C21H28N4O2/c1-21(22)10-15(17(21)12-26)20(27)24-19(13-6-3-4-7-13)14-8-5-9-18-16(14)11-23-25(18)2/h5,8-9,11-13,15,17,19H,3-4,6-7,10,22H2,1-2H3,(H,24,27)/t15-,17?,19+,21+/m0/s1. The van der Waals surface area contributed by atoms with Gasteiger partial charge in [0.25, 0.3) is 0 Å². The molecule has 2 saturated carbocycles. The average Bonchev–Trinajstić information content (AvgIpc) is 3.28. The van der Waals surface area contributed by atoms with Crippen molar-refractivity contribution < 1.29 is 9.59 Å². The Balaban J connectivity index is 1.64. The third-order valence-electron chi connectivity index (χ3n) is 6.67. The third-order valence-corrected chi connectivity index (χ3v) is 6.67. The SMILES string of the molecule is Cn1ncc2c([C@H](NC(=O)[C@H]3C[C@@](C)(N)C3C=O)C3CCCC3)cccc21. The molecule has 0 bridgehead atoms. The Bertz CT molecular complexity index is 866. The van der Waals surface area contributed by atoms with Crippen molar-refractivity contribution in [2.24, 2.45) is 30.5 Å². The molecular weight excluding hydrogens is 340 g/mol. The van der Waals surface area contributed by atoms with Crippen LogP contribution in [0.15, 0.2) is 24.4 Å². The largest absolute Gasteiger partial charge is 0.349 e. The minimum atomic E-state index is -0.573. The Morgan fingerprint density at radius 3 is 2.81 bits per heavy atom. The number of hydrogen-bond donors (Lipinski definition) is 2. The van der Waals surface area contributed by atoms with Crippen LogP contribution < -0.4 is 11.1 Å². The Labute approximate surface area is 159 Å². The molecule has 2 aliphatic rings. The van der Waals surface area contributed by atoms with Crippen molar-refractivity contribution in [3.05, 3.63) is 30.0 Å². The second-order valence-corrected chi connectivity index (χ2v) is 8.56. The predicted molar refractivity (Wildman–Crippen MR) is 104 cm³/mol. The monoisotopic (exact) mass is 368 g/mol. The van der Waals surface area contributed by atoms with Crippen molar-refractivity contribution in [1.82, 2.24) is 15.1 Å². The van der Waals surface area contributed by atoms with Gasteiger partial charge in [0.05, 0.1) is 23.7 Å². The number of aromatic nitrogens is 2. The second kappa shape index (κ2) is 6.75. The van der Waals surface area contributed by atoms with E-state index in [1.54, 1.807) is 0 Å². The quantitative estimate of drug-likeness (QED) is 0.794. The fourth-order valence-corrected chi connectivity index (χ4v) is 5.01. The molecule has 2 aliphatic carbocycles. The molecule has 1 unspecified atom stereocenters. The molecule has 27 heavy (non-hydrogen) atoms. The number of amides is 1. The number of aldehydes is 1. The molecule has 3 N–H and O–H groups in total. The fraction of sp³-hybridized carbons (Fsp3) is 0.571. The zero-order valence-electron chi connectivity index (χ0n) is 16.0. The molecule has 0 spiro atoms. The lowest BCUT2D eigenvalue weighted by molar-refractivity contribution is -0.140. The van der Waals surface area contributed by atoms with Crippen LogP contribution >= 0.6 is 0 Å². The van der Waals surface area contributed by atoms with Crippen LogP contribution in [0.5, 0.6) is 0 Å². The maximum Gasteiger partial charge on any atom is 0.224 e. The smallest absolute Gasteiger partial charge is 0.224 e. The maximum atomic E-state index is 13.0. The summed E-state index contributed by atoms with van der Waals surface area (Å²) in [6.07, 6.45) is 7.89. The number of carbonyl (C=O) groups is 2. The lowest BCUT2D eigenvalue weighted by atomic mass is 9.60. The van der Waals surface area contributed by atoms with Crippen LogP contribution in [0, 0.1) is 17.8 Å². The number of aryl methyl sites for hydroxylation is 1. The molecule has 4 atom stereocenters. The van der Waals surface area contributed by atoms with Gasteiger partial charge >= 0.3 is 0 Å².